The molecule has 1 fully saturated rings. The maximum Gasteiger partial charge on any atom is 0.254 e. The van der Waals surface area contributed by atoms with Crippen LogP contribution in [0.4, 0.5) is 0 Å². The van der Waals surface area contributed by atoms with Crippen LogP contribution in [0.5, 0.6) is 0 Å². The van der Waals surface area contributed by atoms with Gasteiger partial charge >= 0.3 is 0 Å². The molecule has 22 heavy (non-hydrogen) atoms. The molecule has 0 atom stereocenters. The van der Waals surface area contributed by atoms with E-state index in [0.717, 1.165) is 11.1 Å². The molecule has 3 rings (SSSR count). The van der Waals surface area contributed by atoms with E-state index in [-0.39, 0.29) is 12.0 Å². The highest BCUT2D eigenvalue weighted by Gasteiger charge is 2.29. The van der Waals surface area contributed by atoms with Crippen molar-refractivity contribution < 1.29 is 9.90 Å². The Morgan fingerprint density at radius 1 is 1.00 bits per heavy atom. The summed E-state index contributed by atoms with van der Waals surface area (Å²) in [5.41, 5.74) is 4.26. The molecule has 1 aliphatic heterocycles. The number of carbonyl (C=O) groups excluding carboxylic acids is 1. The third kappa shape index (κ3) is 2.90. The first kappa shape index (κ1) is 14.8. The van der Waals surface area contributed by atoms with Crippen LogP contribution in [-0.4, -0.2) is 35.1 Å². The minimum absolute atomic E-state index is 0.00740. The number of hydrogen-bond acceptors (Lipinski definition) is 2. The summed E-state index contributed by atoms with van der Waals surface area (Å²) in [6.45, 7) is 5.25. The molecule has 0 saturated carbocycles. The van der Waals surface area contributed by atoms with Crippen molar-refractivity contribution in [2.24, 2.45) is 0 Å². The van der Waals surface area contributed by atoms with Crippen LogP contribution in [0.25, 0.3) is 11.1 Å². The van der Waals surface area contributed by atoms with Crippen LogP contribution < -0.4 is 0 Å². The predicted molar refractivity (Wildman–Crippen MR) is 87.9 cm³/mol. The van der Waals surface area contributed by atoms with Gasteiger partial charge in [0.2, 0.25) is 0 Å². The molecule has 3 heteroatoms. The van der Waals surface area contributed by atoms with E-state index >= 15 is 0 Å². The second-order valence-corrected chi connectivity index (χ2v) is 6.22. The molecule has 1 N–H and O–H groups in total. The molecule has 0 spiro atoms. The van der Waals surface area contributed by atoms with E-state index in [1.54, 1.807) is 4.90 Å². The second-order valence-electron chi connectivity index (χ2n) is 6.22. The molecule has 0 radical (unpaired) electrons. The van der Waals surface area contributed by atoms with Gasteiger partial charge in [-0.15, -0.1) is 0 Å². The molecular formula is C19H21NO2. The maximum atomic E-state index is 12.2. The van der Waals surface area contributed by atoms with Crippen LogP contribution in [0, 0.1) is 0 Å². The van der Waals surface area contributed by atoms with Crippen molar-refractivity contribution in [3.05, 3.63) is 59.7 Å². The highest BCUT2D eigenvalue weighted by Crippen LogP contribution is 2.23. The van der Waals surface area contributed by atoms with E-state index in [0.29, 0.717) is 24.6 Å². The summed E-state index contributed by atoms with van der Waals surface area (Å²) in [5.74, 6) is 0.521. The number of β-amino-alcohol motifs (C(OH)–C–C–N with tert-alkyl or cyclic N) is 1. The fraction of sp³-hybridized carbons (Fsp3) is 0.316. The Kier molecular flexibility index (Phi) is 3.99. The van der Waals surface area contributed by atoms with Crippen LogP contribution in [0.2, 0.25) is 0 Å². The summed E-state index contributed by atoms with van der Waals surface area (Å²) in [5, 5.41) is 9.27. The van der Waals surface area contributed by atoms with Gasteiger partial charge in [-0.1, -0.05) is 50.2 Å². The third-order valence-corrected chi connectivity index (χ3v) is 4.19. The molecule has 0 unspecified atom stereocenters. The summed E-state index contributed by atoms with van der Waals surface area (Å²) in [4.78, 5) is 13.8. The topological polar surface area (TPSA) is 40.5 Å². The average Bonchev–Trinajstić information content (AvgIpc) is 2.51. The van der Waals surface area contributed by atoms with Crippen LogP contribution >= 0.6 is 0 Å². The summed E-state index contributed by atoms with van der Waals surface area (Å²) in [6, 6.07) is 16.2. The summed E-state index contributed by atoms with van der Waals surface area (Å²) in [7, 11) is 0. The lowest BCUT2D eigenvalue weighted by molar-refractivity contribution is 0.00590. The number of carbonyl (C=O) groups is 1. The van der Waals surface area contributed by atoms with Gasteiger partial charge in [0.1, 0.15) is 0 Å². The quantitative estimate of drug-likeness (QED) is 0.944. The molecule has 0 aliphatic carbocycles. The fourth-order valence-corrected chi connectivity index (χ4v) is 2.67. The Hall–Kier alpha value is -2.13. The largest absolute Gasteiger partial charge is 0.389 e. The zero-order valence-electron chi connectivity index (χ0n) is 13.0. The van der Waals surface area contributed by atoms with Crippen molar-refractivity contribution in [1.82, 2.24) is 4.90 Å². The van der Waals surface area contributed by atoms with Crippen molar-refractivity contribution in [3.63, 3.8) is 0 Å². The lowest BCUT2D eigenvalue weighted by atomic mass is 9.98. The third-order valence-electron chi connectivity index (χ3n) is 4.19. The van der Waals surface area contributed by atoms with Gasteiger partial charge in [-0.25, -0.2) is 0 Å². The van der Waals surface area contributed by atoms with Crippen molar-refractivity contribution >= 4 is 5.91 Å². The molecular weight excluding hydrogens is 274 g/mol. The van der Waals surface area contributed by atoms with Gasteiger partial charge in [0, 0.05) is 18.7 Å². The van der Waals surface area contributed by atoms with Gasteiger partial charge in [0.05, 0.1) is 6.10 Å². The lowest BCUT2D eigenvalue weighted by Crippen LogP contribution is -2.53. The Labute approximate surface area is 131 Å². The van der Waals surface area contributed by atoms with Gasteiger partial charge < -0.3 is 10.0 Å². The lowest BCUT2D eigenvalue weighted by Gasteiger charge is -2.35. The Morgan fingerprint density at radius 3 is 1.95 bits per heavy atom. The minimum Gasteiger partial charge on any atom is -0.389 e. The van der Waals surface area contributed by atoms with E-state index in [1.165, 1.54) is 5.56 Å². The number of nitrogens with zero attached hydrogens (tertiary/aromatic N) is 1. The van der Waals surface area contributed by atoms with Gasteiger partial charge in [-0.2, -0.15) is 0 Å². The molecule has 1 amide bonds. The van der Waals surface area contributed by atoms with E-state index < -0.39 is 0 Å². The predicted octanol–water partition coefficient (Wildman–Crippen LogP) is 3.29. The fourth-order valence-electron chi connectivity index (χ4n) is 2.67. The number of rotatable bonds is 3. The first-order valence-corrected chi connectivity index (χ1v) is 7.72. The highest BCUT2D eigenvalue weighted by atomic mass is 16.3. The van der Waals surface area contributed by atoms with E-state index in [4.69, 9.17) is 0 Å². The Balaban J connectivity index is 1.75. The number of aliphatic hydroxyl groups is 1. The van der Waals surface area contributed by atoms with Crippen LogP contribution in [0.3, 0.4) is 0 Å². The minimum atomic E-state index is -0.359. The molecule has 2 aromatic rings. The van der Waals surface area contributed by atoms with Crippen molar-refractivity contribution in [3.8, 4) is 11.1 Å². The first-order valence-electron chi connectivity index (χ1n) is 7.72. The SMILES string of the molecule is CC(C)c1ccc(-c2ccc(C(=O)N3CC(O)C3)cc2)cc1. The monoisotopic (exact) mass is 295 g/mol. The van der Waals surface area contributed by atoms with Gasteiger partial charge in [-0.05, 0) is 34.7 Å². The van der Waals surface area contributed by atoms with Crippen molar-refractivity contribution in [1.29, 1.82) is 0 Å². The van der Waals surface area contributed by atoms with Crippen LogP contribution in [0.1, 0.15) is 35.7 Å². The van der Waals surface area contributed by atoms with E-state index in [2.05, 4.69) is 38.1 Å². The smallest absolute Gasteiger partial charge is 0.254 e. The van der Waals surface area contributed by atoms with Crippen LogP contribution in [0.15, 0.2) is 48.5 Å². The Morgan fingerprint density at radius 2 is 1.50 bits per heavy atom. The summed E-state index contributed by atoms with van der Waals surface area (Å²) in [6.07, 6.45) is -0.359. The highest BCUT2D eigenvalue weighted by molar-refractivity contribution is 5.95. The van der Waals surface area contributed by atoms with Crippen LogP contribution in [-0.2, 0) is 0 Å². The van der Waals surface area contributed by atoms with E-state index in [1.807, 2.05) is 24.3 Å². The molecule has 0 aromatic heterocycles. The molecule has 1 aliphatic rings. The van der Waals surface area contributed by atoms with E-state index in [9.17, 15) is 9.90 Å². The molecule has 3 nitrogen and oxygen atoms in total. The number of amides is 1. The molecule has 1 heterocycles. The molecule has 114 valence electrons. The molecule has 1 saturated heterocycles. The second kappa shape index (κ2) is 5.93. The Bertz CT molecular complexity index is 653. The van der Waals surface area contributed by atoms with Gasteiger partial charge in [0.25, 0.3) is 5.91 Å². The number of benzene rings is 2. The normalized spacial score (nSPS) is 15.0. The molecule has 2 aromatic carbocycles. The number of hydrogen-bond donors (Lipinski definition) is 1. The standard InChI is InChI=1S/C19H21NO2/c1-13(2)14-3-5-15(6-4-14)16-7-9-17(10-8-16)19(22)20-11-18(21)12-20/h3-10,13,18,21H,11-12H2,1-2H3. The number of likely N-dealkylation sites (tertiary alicyclic amines) is 1. The summed E-state index contributed by atoms with van der Waals surface area (Å²) >= 11 is 0. The first-order chi connectivity index (χ1) is 10.5. The zero-order valence-corrected chi connectivity index (χ0v) is 13.0. The maximum absolute atomic E-state index is 12.2. The summed E-state index contributed by atoms with van der Waals surface area (Å²) < 4.78 is 0. The van der Waals surface area contributed by atoms with Gasteiger partial charge in [-0.3, -0.25) is 4.79 Å². The van der Waals surface area contributed by atoms with Gasteiger partial charge in [0.15, 0.2) is 0 Å². The zero-order chi connectivity index (χ0) is 15.7. The average molecular weight is 295 g/mol. The number of aliphatic hydroxyl groups excluding tert-OH is 1. The molecule has 0 bridgehead atoms. The van der Waals surface area contributed by atoms with Crippen molar-refractivity contribution in [2.45, 2.75) is 25.9 Å². The van der Waals surface area contributed by atoms with Crippen molar-refractivity contribution in [2.75, 3.05) is 13.1 Å².